The Morgan fingerprint density at radius 2 is 2.12 bits per heavy atom. The highest BCUT2D eigenvalue weighted by Crippen LogP contribution is 1.98. The predicted molar refractivity (Wildman–Crippen MR) is 65.3 cm³/mol. The summed E-state index contributed by atoms with van der Waals surface area (Å²) in [6, 6.07) is 0. The first-order chi connectivity index (χ1) is 7.60. The molecule has 0 unspecified atom stereocenters. The van der Waals surface area contributed by atoms with Gasteiger partial charge in [0.2, 0.25) is 5.91 Å². The van der Waals surface area contributed by atoms with E-state index in [0.29, 0.717) is 5.70 Å². The van der Waals surface area contributed by atoms with Crippen molar-refractivity contribution in [3.05, 3.63) is 48.5 Å². The summed E-state index contributed by atoms with van der Waals surface area (Å²) in [7, 11) is 0. The van der Waals surface area contributed by atoms with Gasteiger partial charge >= 0.3 is 0 Å². The number of hydrogen-bond acceptors (Lipinski definition) is 1. The topological polar surface area (TPSA) is 29.1 Å². The van der Waals surface area contributed by atoms with Gasteiger partial charge in [-0.15, -0.1) is 0 Å². The molecule has 0 aromatic rings. The molecule has 0 aliphatic carbocycles. The monoisotopic (exact) mass is 223 g/mol. The van der Waals surface area contributed by atoms with Crippen LogP contribution < -0.4 is 5.32 Å². The molecule has 88 valence electrons. The summed E-state index contributed by atoms with van der Waals surface area (Å²) in [6.07, 6.45) is 9.33. The molecule has 16 heavy (non-hydrogen) atoms. The molecule has 1 N–H and O–H groups in total. The highest BCUT2D eigenvalue weighted by Gasteiger charge is 1.95. The van der Waals surface area contributed by atoms with Crippen molar-refractivity contribution in [3.63, 3.8) is 0 Å². The molecular formula is C13H18FNO. The lowest BCUT2D eigenvalue weighted by atomic mass is 10.3. The first kappa shape index (κ1) is 14.4. The zero-order valence-electron chi connectivity index (χ0n) is 9.79. The van der Waals surface area contributed by atoms with Crippen LogP contribution in [0.25, 0.3) is 0 Å². The van der Waals surface area contributed by atoms with Gasteiger partial charge < -0.3 is 5.32 Å². The fourth-order valence-corrected chi connectivity index (χ4v) is 0.906. The lowest BCUT2D eigenvalue weighted by Crippen LogP contribution is -2.18. The molecular weight excluding hydrogens is 205 g/mol. The standard InChI is InChI=1S/C13H18FNO/c1-4-6-7-8-13(16)15-12(5-2)10-9-11(3)14/h5,7-10H,2,4,6H2,1,3H3,(H,15,16)/b8-7-,11-9+,12-10+. The van der Waals surface area contributed by atoms with E-state index in [4.69, 9.17) is 0 Å². The second kappa shape index (κ2) is 8.65. The number of allylic oxidation sites excluding steroid dienone is 5. The molecule has 0 fully saturated rings. The maximum Gasteiger partial charge on any atom is 0.248 e. The SMILES string of the molecule is C=C/C(=C\C=C(/C)F)NC(=O)/C=C\CCC. The number of hydrogen-bond donors (Lipinski definition) is 1. The summed E-state index contributed by atoms with van der Waals surface area (Å²) in [4.78, 5) is 11.3. The van der Waals surface area contributed by atoms with Crippen LogP contribution in [0.3, 0.4) is 0 Å². The largest absolute Gasteiger partial charge is 0.323 e. The normalized spacial score (nSPS) is 12.9. The van der Waals surface area contributed by atoms with Gasteiger partial charge in [0.25, 0.3) is 0 Å². The van der Waals surface area contributed by atoms with Crippen LogP contribution in [0, 0.1) is 0 Å². The van der Waals surface area contributed by atoms with Gasteiger partial charge in [-0.1, -0.05) is 26.0 Å². The molecule has 0 aliphatic heterocycles. The Bertz CT molecular complexity index is 323. The Hall–Kier alpha value is -1.64. The summed E-state index contributed by atoms with van der Waals surface area (Å²) >= 11 is 0. The van der Waals surface area contributed by atoms with E-state index in [1.807, 2.05) is 6.92 Å². The maximum absolute atomic E-state index is 12.4. The van der Waals surface area contributed by atoms with E-state index in [2.05, 4.69) is 11.9 Å². The second-order valence-corrected chi connectivity index (χ2v) is 3.26. The summed E-state index contributed by atoms with van der Waals surface area (Å²) in [5, 5.41) is 2.59. The van der Waals surface area contributed by atoms with Gasteiger partial charge in [-0.05, 0) is 37.6 Å². The van der Waals surface area contributed by atoms with Crippen molar-refractivity contribution < 1.29 is 9.18 Å². The highest BCUT2D eigenvalue weighted by molar-refractivity contribution is 5.89. The van der Waals surface area contributed by atoms with Crippen molar-refractivity contribution >= 4 is 5.91 Å². The average molecular weight is 223 g/mol. The van der Waals surface area contributed by atoms with Crippen LogP contribution >= 0.6 is 0 Å². The quantitative estimate of drug-likeness (QED) is 0.542. The zero-order chi connectivity index (χ0) is 12.4. The summed E-state index contributed by atoms with van der Waals surface area (Å²) in [5.74, 6) is -0.556. The van der Waals surface area contributed by atoms with Gasteiger partial charge in [-0.25, -0.2) is 4.39 Å². The van der Waals surface area contributed by atoms with E-state index in [0.717, 1.165) is 12.8 Å². The molecule has 0 rings (SSSR count). The number of carbonyl (C=O) groups is 1. The number of carbonyl (C=O) groups excluding carboxylic acids is 1. The van der Waals surface area contributed by atoms with Crippen LogP contribution in [0.2, 0.25) is 0 Å². The number of nitrogens with one attached hydrogen (secondary N) is 1. The smallest absolute Gasteiger partial charge is 0.248 e. The molecule has 0 radical (unpaired) electrons. The Kier molecular flexibility index (Phi) is 7.76. The minimum atomic E-state index is -0.324. The van der Waals surface area contributed by atoms with E-state index < -0.39 is 0 Å². The third-order valence-electron chi connectivity index (χ3n) is 1.70. The highest BCUT2D eigenvalue weighted by atomic mass is 19.1. The lowest BCUT2D eigenvalue weighted by Gasteiger charge is -2.01. The van der Waals surface area contributed by atoms with E-state index in [1.54, 1.807) is 6.08 Å². The van der Waals surface area contributed by atoms with Gasteiger partial charge in [0, 0.05) is 5.70 Å². The van der Waals surface area contributed by atoms with Gasteiger partial charge in [0.05, 0.1) is 5.83 Å². The lowest BCUT2D eigenvalue weighted by molar-refractivity contribution is -0.115. The molecule has 0 aromatic heterocycles. The molecule has 0 heterocycles. The first-order valence-corrected chi connectivity index (χ1v) is 5.24. The van der Waals surface area contributed by atoms with Gasteiger partial charge in [-0.3, -0.25) is 4.79 Å². The molecule has 3 heteroatoms. The zero-order valence-corrected chi connectivity index (χ0v) is 9.79. The van der Waals surface area contributed by atoms with E-state index >= 15 is 0 Å². The van der Waals surface area contributed by atoms with E-state index in [1.165, 1.54) is 31.2 Å². The summed E-state index contributed by atoms with van der Waals surface area (Å²) < 4.78 is 12.4. The third kappa shape index (κ3) is 7.74. The molecule has 0 bridgehead atoms. The van der Waals surface area contributed by atoms with E-state index in [-0.39, 0.29) is 11.7 Å². The summed E-state index contributed by atoms with van der Waals surface area (Å²) in [6.45, 7) is 6.90. The predicted octanol–water partition coefficient (Wildman–Crippen LogP) is 3.40. The van der Waals surface area contributed by atoms with Gasteiger partial charge in [-0.2, -0.15) is 0 Å². The molecule has 0 aliphatic rings. The van der Waals surface area contributed by atoms with Crippen molar-refractivity contribution in [3.8, 4) is 0 Å². The van der Waals surface area contributed by atoms with Crippen molar-refractivity contribution in [2.45, 2.75) is 26.7 Å². The number of rotatable bonds is 6. The van der Waals surface area contributed by atoms with Gasteiger partial charge in [0.15, 0.2) is 0 Å². The Balaban J connectivity index is 4.33. The van der Waals surface area contributed by atoms with Gasteiger partial charge in [0.1, 0.15) is 0 Å². The average Bonchev–Trinajstić information content (AvgIpc) is 2.24. The molecule has 0 saturated carbocycles. The van der Waals surface area contributed by atoms with Crippen LogP contribution in [0.15, 0.2) is 48.5 Å². The fourth-order valence-electron chi connectivity index (χ4n) is 0.906. The van der Waals surface area contributed by atoms with Crippen molar-refractivity contribution in [1.29, 1.82) is 0 Å². The van der Waals surface area contributed by atoms with Crippen molar-refractivity contribution in [1.82, 2.24) is 5.32 Å². The molecule has 0 spiro atoms. The van der Waals surface area contributed by atoms with Crippen LogP contribution in [0.4, 0.5) is 4.39 Å². The van der Waals surface area contributed by atoms with E-state index in [9.17, 15) is 9.18 Å². The minimum absolute atomic E-state index is 0.232. The van der Waals surface area contributed by atoms with Crippen LogP contribution in [0.1, 0.15) is 26.7 Å². The number of unbranched alkanes of at least 4 members (excludes halogenated alkanes) is 1. The molecule has 2 nitrogen and oxygen atoms in total. The number of halogens is 1. The minimum Gasteiger partial charge on any atom is -0.323 e. The van der Waals surface area contributed by atoms with Crippen molar-refractivity contribution in [2.75, 3.05) is 0 Å². The van der Waals surface area contributed by atoms with Crippen molar-refractivity contribution in [2.24, 2.45) is 0 Å². The first-order valence-electron chi connectivity index (χ1n) is 5.24. The molecule has 1 amide bonds. The maximum atomic E-state index is 12.4. The van der Waals surface area contributed by atoms with Crippen LogP contribution in [0.5, 0.6) is 0 Å². The fraction of sp³-hybridized carbons (Fsp3) is 0.308. The Morgan fingerprint density at radius 1 is 1.44 bits per heavy atom. The summed E-state index contributed by atoms with van der Waals surface area (Å²) in [5.41, 5.74) is 0.475. The Labute approximate surface area is 96.2 Å². The van der Waals surface area contributed by atoms with Crippen LogP contribution in [-0.4, -0.2) is 5.91 Å². The van der Waals surface area contributed by atoms with Crippen LogP contribution in [-0.2, 0) is 4.79 Å². The number of amides is 1. The molecule has 0 aromatic carbocycles. The molecule has 0 saturated heterocycles. The third-order valence-corrected chi connectivity index (χ3v) is 1.70. The molecule has 0 atom stereocenters. The second-order valence-electron chi connectivity index (χ2n) is 3.26. The Morgan fingerprint density at radius 3 is 2.62 bits per heavy atom.